The first-order valence-electron chi connectivity index (χ1n) is 6.43. The Hall–Kier alpha value is -0.910. The summed E-state index contributed by atoms with van der Waals surface area (Å²) in [6.07, 6.45) is 0. The molecule has 3 nitrogen and oxygen atoms in total. The van der Waals surface area contributed by atoms with E-state index in [0.29, 0.717) is 5.71 Å². The Morgan fingerprint density at radius 2 is 1.80 bits per heavy atom. The molecule has 1 aromatic carbocycles. The van der Waals surface area contributed by atoms with Crippen LogP contribution in [0, 0.1) is 5.82 Å². The molecule has 1 aromatic rings. The summed E-state index contributed by atoms with van der Waals surface area (Å²) < 4.78 is 30.0. The van der Waals surface area contributed by atoms with Gasteiger partial charge in [0.15, 0.2) is 0 Å². The van der Waals surface area contributed by atoms with E-state index in [-0.39, 0.29) is 11.1 Å². The highest BCUT2D eigenvalue weighted by atomic mass is 32.2. The molecular formula is C15H22FNO2S. The highest BCUT2D eigenvalue weighted by Gasteiger charge is 2.28. The molecule has 0 radical (unpaired) electrons. The molecule has 0 spiro atoms. The molecule has 0 unspecified atom stereocenters. The van der Waals surface area contributed by atoms with Gasteiger partial charge in [-0.2, -0.15) is 0 Å². The van der Waals surface area contributed by atoms with Gasteiger partial charge in [0.1, 0.15) is 21.9 Å². The zero-order valence-electron chi connectivity index (χ0n) is 12.8. The topological polar surface area (TPSA) is 55.7 Å². The van der Waals surface area contributed by atoms with Crippen molar-refractivity contribution < 1.29 is 14.0 Å². The minimum Gasteiger partial charge on any atom is -0.591 e. The Bertz CT molecular complexity index is 516. The van der Waals surface area contributed by atoms with Crippen molar-refractivity contribution in [2.75, 3.05) is 0 Å². The first kappa shape index (κ1) is 17.1. The maximum Gasteiger partial charge on any atom is 0.144 e. The van der Waals surface area contributed by atoms with Crippen LogP contribution < -0.4 is 0 Å². The molecule has 20 heavy (non-hydrogen) atoms. The van der Waals surface area contributed by atoms with Crippen LogP contribution in [0.1, 0.15) is 52.7 Å². The van der Waals surface area contributed by atoms with Crippen molar-refractivity contribution in [2.24, 2.45) is 4.40 Å². The van der Waals surface area contributed by atoms with Crippen LogP contribution >= 0.6 is 0 Å². The van der Waals surface area contributed by atoms with E-state index in [0.717, 1.165) is 0 Å². The van der Waals surface area contributed by atoms with Crippen LogP contribution in [0.2, 0.25) is 0 Å². The van der Waals surface area contributed by atoms with Gasteiger partial charge in [0.2, 0.25) is 0 Å². The fourth-order valence-electron chi connectivity index (χ4n) is 1.59. The fourth-order valence-corrected chi connectivity index (χ4v) is 2.22. The van der Waals surface area contributed by atoms with Crippen molar-refractivity contribution in [3.63, 3.8) is 0 Å². The van der Waals surface area contributed by atoms with E-state index >= 15 is 0 Å². The summed E-state index contributed by atoms with van der Waals surface area (Å²) in [6.45, 7) is 10.1. The zero-order valence-corrected chi connectivity index (χ0v) is 13.6. The predicted octanol–water partition coefficient (Wildman–Crippen LogP) is 3.32. The molecule has 0 aliphatic rings. The average molecular weight is 299 g/mol. The summed E-state index contributed by atoms with van der Waals surface area (Å²) in [5.41, 5.74) is -0.445. The van der Waals surface area contributed by atoms with E-state index in [4.69, 9.17) is 0 Å². The van der Waals surface area contributed by atoms with Gasteiger partial charge in [-0.1, -0.05) is 22.6 Å². The molecule has 0 saturated carbocycles. The zero-order chi connectivity index (χ0) is 15.7. The van der Waals surface area contributed by atoms with Crippen molar-refractivity contribution >= 4 is 17.1 Å². The number of nitrogens with zero attached hydrogens (tertiary/aromatic N) is 1. The molecule has 0 bridgehead atoms. The van der Waals surface area contributed by atoms with E-state index in [1.807, 2.05) is 20.8 Å². The van der Waals surface area contributed by atoms with Gasteiger partial charge in [0, 0.05) is 11.1 Å². The summed E-state index contributed by atoms with van der Waals surface area (Å²) in [4.78, 5) is 0. The van der Waals surface area contributed by atoms with E-state index in [2.05, 4.69) is 4.40 Å². The highest BCUT2D eigenvalue weighted by Crippen LogP contribution is 2.26. The summed E-state index contributed by atoms with van der Waals surface area (Å²) in [6, 6.07) is 4.76. The molecule has 1 atom stereocenters. The number of rotatable bonds is 3. The number of halogens is 1. The van der Waals surface area contributed by atoms with E-state index in [1.165, 1.54) is 19.9 Å². The number of hydrogen-bond acceptors (Lipinski definition) is 3. The van der Waals surface area contributed by atoms with Gasteiger partial charge in [-0.25, -0.2) is 4.39 Å². The standard InChI is InChI=1S/C15H22FNO2S/c1-10(17-20(19)14(2,3)4)11-8-7-9-12(13(11)16)15(5,6)18/h7-9,18H,1-6H3/b17-10-/t20-/m1/s1. The molecule has 1 rings (SSSR count). The van der Waals surface area contributed by atoms with Crippen molar-refractivity contribution in [3.05, 3.63) is 35.1 Å². The van der Waals surface area contributed by atoms with Gasteiger partial charge in [0.25, 0.3) is 0 Å². The van der Waals surface area contributed by atoms with Crippen molar-refractivity contribution in [2.45, 2.75) is 51.9 Å². The lowest BCUT2D eigenvalue weighted by Gasteiger charge is -2.21. The smallest absolute Gasteiger partial charge is 0.144 e. The molecule has 0 aromatic heterocycles. The Morgan fingerprint density at radius 3 is 2.25 bits per heavy atom. The lowest BCUT2D eigenvalue weighted by atomic mass is 9.94. The van der Waals surface area contributed by atoms with Gasteiger partial charge in [-0.15, -0.1) is 0 Å². The maximum atomic E-state index is 14.4. The fraction of sp³-hybridized carbons (Fsp3) is 0.533. The van der Waals surface area contributed by atoms with Crippen LogP contribution in [-0.2, 0) is 17.0 Å². The second-order valence-electron chi connectivity index (χ2n) is 6.26. The molecule has 0 amide bonds. The van der Waals surface area contributed by atoms with Crippen LogP contribution in [-0.4, -0.2) is 20.1 Å². The van der Waals surface area contributed by atoms with Crippen LogP contribution in [0.15, 0.2) is 22.6 Å². The molecule has 0 aliphatic heterocycles. The first-order chi connectivity index (χ1) is 8.94. The van der Waals surface area contributed by atoms with Gasteiger partial charge in [-0.3, -0.25) is 0 Å². The molecule has 5 heteroatoms. The Labute approximate surface area is 123 Å². The van der Waals surface area contributed by atoms with Crippen molar-refractivity contribution in [1.29, 1.82) is 0 Å². The molecule has 0 fully saturated rings. The Morgan fingerprint density at radius 1 is 1.25 bits per heavy atom. The Balaban J connectivity index is 3.25. The van der Waals surface area contributed by atoms with Crippen LogP contribution in [0.5, 0.6) is 0 Å². The van der Waals surface area contributed by atoms with E-state index in [1.54, 1.807) is 19.1 Å². The summed E-state index contributed by atoms with van der Waals surface area (Å²) in [5.74, 6) is -0.521. The van der Waals surface area contributed by atoms with E-state index < -0.39 is 27.5 Å². The van der Waals surface area contributed by atoms with Crippen LogP contribution in [0.25, 0.3) is 0 Å². The minimum atomic E-state index is -1.45. The number of aliphatic hydroxyl groups is 1. The molecule has 112 valence electrons. The molecular weight excluding hydrogens is 277 g/mol. The second kappa shape index (κ2) is 5.84. The van der Waals surface area contributed by atoms with Gasteiger partial charge < -0.3 is 9.66 Å². The quantitative estimate of drug-likeness (QED) is 0.687. The Kier molecular flexibility index (Phi) is 5.00. The van der Waals surface area contributed by atoms with Crippen molar-refractivity contribution in [3.8, 4) is 0 Å². The van der Waals surface area contributed by atoms with Gasteiger partial charge >= 0.3 is 0 Å². The molecule has 0 aliphatic carbocycles. The van der Waals surface area contributed by atoms with Crippen LogP contribution in [0.3, 0.4) is 0 Å². The monoisotopic (exact) mass is 299 g/mol. The third kappa shape index (κ3) is 4.04. The van der Waals surface area contributed by atoms with Crippen molar-refractivity contribution in [1.82, 2.24) is 0 Å². The highest BCUT2D eigenvalue weighted by molar-refractivity contribution is 7.91. The molecule has 1 N–H and O–H groups in total. The average Bonchev–Trinajstić information content (AvgIpc) is 2.26. The third-order valence-corrected chi connectivity index (χ3v) is 4.28. The summed E-state index contributed by atoms with van der Waals surface area (Å²) >= 11 is -1.45. The number of benzene rings is 1. The third-order valence-electron chi connectivity index (χ3n) is 2.79. The molecule has 0 saturated heterocycles. The first-order valence-corrected chi connectivity index (χ1v) is 7.54. The maximum absolute atomic E-state index is 14.4. The van der Waals surface area contributed by atoms with Gasteiger partial charge in [-0.05, 0) is 41.5 Å². The predicted molar refractivity (Wildman–Crippen MR) is 81.8 cm³/mol. The summed E-state index contributed by atoms with van der Waals surface area (Å²) in [5, 5.41) is 9.95. The molecule has 0 heterocycles. The number of hydrogen-bond donors (Lipinski definition) is 1. The SMILES string of the molecule is C/C(=N/[S@+]([O-])C(C)(C)C)c1cccc(C(C)(C)O)c1F. The summed E-state index contributed by atoms with van der Waals surface area (Å²) in [7, 11) is 0. The second-order valence-corrected chi connectivity index (χ2v) is 8.17. The minimum absolute atomic E-state index is 0.200. The van der Waals surface area contributed by atoms with Crippen LogP contribution in [0.4, 0.5) is 4.39 Å². The lowest BCUT2D eigenvalue weighted by molar-refractivity contribution is 0.0745. The normalized spacial score (nSPS) is 15.3. The van der Waals surface area contributed by atoms with E-state index in [9.17, 15) is 14.0 Å². The lowest BCUT2D eigenvalue weighted by Crippen LogP contribution is -2.27. The largest absolute Gasteiger partial charge is 0.591 e. The van der Waals surface area contributed by atoms with Gasteiger partial charge in [0.05, 0.1) is 11.3 Å².